The number of carbonyl (C=O) groups is 1. The van der Waals surface area contributed by atoms with Crippen LogP contribution in [0.15, 0.2) is 18.2 Å². The van der Waals surface area contributed by atoms with E-state index in [0.29, 0.717) is 18.4 Å². The maximum Gasteiger partial charge on any atom is 0.270 e. The Hall–Kier alpha value is -1.93. The monoisotopic (exact) mass is 292 g/mol. The molecule has 20 heavy (non-hydrogen) atoms. The Morgan fingerprint density at radius 2 is 2.20 bits per heavy atom. The first kappa shape index (κ1) is 14.5. The number of nitro benzene ring substituents is 1. The molecule has 104 valence electrons. The second-order valence-corrected chi connectivity index (χ2v) is 5.44. The van der Waals surface area contributed by atoms with Gasteiger partial charge in [-0.25, -0.2) is 0 Å². The summed E-state index contributed by atoms with van der Waals surface area (Å²) >= 11 is 6.03. The third-order valence-corrected chi connectivity index (χ3v) is 4.10. The number of rotatable bonds is 3. The molecule has 1 fully saturated rings. The molecule has 2 rings (SSSR count). The zero-order chi connectivity index (χ0) is 14.8. The minimum absolute atomic E-state index is 0.0549. The molecule has 0 radical (unpaired) electrons. The summed E-state index contributed by atoms with van der Waals surface area (Å²) in [5.41, 5.74) is -0.522. The molecular weight excluding hydrogens is 280 g/mol. The van der Waals surface area contributed by atoms with Gasteiger partial charge in [-0.15, -0.1) is 0 Å². The van der Waals surface area contributed by atoms with Gasteiger partial charge >= 0.3 is 0 Å². The molecule has 0 heterocycles. The number of hydrogen-bond acceptors (Lipinski definition) is 4. The number of halogens is 1. The van der Waals surface area contributed by atoms with E-state index in [-0.39, 0.29) is 22.9 Å². The van der Waals surface area contributed by atoms with Crippen LogP contribution in [0.25, 0.3) is 0 Å². The van der Waals surface area contributed by atoms with Crippen LogP contribution in [0.4, 0.5) is 5.69 Å². The molecule has 5 nitrogen and oxygen atoms in total. The Labute approximate surface area is 121 Å². The van der Waals surface area contributed by atoms with Crippen molar-refractivity contribution in [2.45, 2.75) is 32.1 Å². The summed E-state index contributed by atoms with van der Waals surface area (Å²) < 4.78 is 0. The van der Waals surface area contributed by atoms with Crippen molar-refractivity contribution in [3.63, 3.8) is 0 Å². The third-order valence-electron chi connectivity index (χ3n) is 3.74. The number of nitrogens with zero attached hydrogens (tertiary/aromatic N) is 2. The van der Waals surface area contributed by atoms with Gasteiger partial charge in [-0.1, -0.05) is 24.1 Å². The van der Waals surface area contributed by atoms with Gasteiger partial charge in [0.2, 0.25) is 0 Å². The Morgan fingerprint density at radius 3 is 2.75 bits per heavy atom. The lowest BCUT2D eigenvalue weighted by Crippen LogP contribution is -2.35. The number of ketones is 1. The molecule has 0 aromatic heterocycles. The van der Waals surface area contributed by atoms with Gasteiger partial charge in [0.15, 0.2) is 5.78 Å². The molecule has 0 saturated heterocycles. The molecule has 1 aliphatic carbocycles. The topological polar surface area (TPSA) is 84.0 Å². The second-order valence-electron chi connectivity index (χ2n) is 5.03. The van der Waals surface area contributed by atoms with Crippen LogP contribution in [0.5, 0.6) is 0 Å². The lowest BCUT2D eigenvalue weighted by Gasteiger charge is -2.29. The normalized spacial score (nSPS) is 22.3. The Bertz CT molecular complexity index is 609. The molecule has 0 amide bonds. The van der Waals surface area contributed by atoms with Crippen LogP contribution in [0.1, 0.15) is 31.2 Å². The fourth-order valence-corrected chi connectivity index (χ4v) is 2.80. The maximum atomic E-state index is 12.1. The third kappa shape index (κ3) is 2.66. The van der Waals surface area contributed by atoms with Crippen molar-refractivity contribution in [1.29, 1.82) is 5.26 Å². The van der Waals surface area contributed by atoms with E-state index in [1.54, 1.807) is 0 Å². The summed E-state index contributed by atoms with van der Waals surface area (Å²) in [6.07, 6.45) is 2.81. The highest BCUT2D eigenvalue weighted by Gasteiger charge is 2.40. The van der Waals surface area contributed by atoms with Crippen molar-refractivity contribution >= 4 is 23.1 Å². The minimum atomic E-state index is -1.03. The van der Waals surface area contributed by atoms with Crippen molar-refractivity contribution in [2.24, 2.45) is 5.41 Å². The quantitative estimate of drug-likeness (QED) is 0.631. The van der Waals surface area contributed by atoms with Gasteiger partial charge in [0.05, 0.1) is 16.0 Å². The molecule has 0 N–H and O–H groups in total. The largest absolute Gasteiger partial charge is 0.298 e. The SMILES string of the molecule is N#CC1(Cc2ccc([N+](=O)[O-])cc2Cl)CCCCC1=O. The summed E-state index contributed by atoms with van der Waals surface area (Å²) in [5, 5.41) is 20.3. The Balaban J connectivity index is 2.31. The first-order valence-electron chi connectivity index (χ1n) is 6.36. The van der Waals surface area contributed by atoms with Gasteiger partial charge in [0.25, 0.3) is 5.69 Å². The van der Waals surface area contributed by atoms with Gasteiger partial charge < -0.3 is 0 Å². The van der Waals surface area contributed by atoms with Crippen molar-refractivity contribution < 1.29 is 9.72 Å². The fourth-order valence-electron chi connectivity index (χ4n) is 2.55. The summed E-state index contributed by atoms with van der Waals surface area (Å²) in [7, 11) is 0. The predicted molar refractivity (Wildman–Crippen MR) is 73.3 cm³/mol. The minimum Gasteiger partial charge on any atom is -0.298 e. The van der Waals surface area contributed by atoms with E-state index in [2.05, 4.69) is 6.07 Å². The summed E-state index contributed by atoms with van der Waals surface area (Å²) in [5.74, 6) is -0.0549. The van der Waals surface area contributed by atoms with Gasteiger partial charge in [-0.2, -0.15) is 5.26 Å². The number of benzene rings is 1. The summed E-state index contributed by atoms with van der Waals surface area (Å²) in [6.45, 7) is 0. The van der Waals surface area contributed by atoms with E-state index < -0.39 is 10.3 Å². The van der Waals surface area contributed by atoms with Crippen molar-refractivity contribution in [1.82, 2.24) is 0 Å². The Kier molecular flexibility index (Phi) is 4.05. The smallest absolute Gasteiger partial charge is 0.270 e. The van der Waals surface area contributed by atoms with Gasteiger partial charge in [-0.3, -0.25) is 14.9 Å². The maximum absolute atomic E-state index is 12.1. The van der Waals surface area contributed by atoms with Crippen LogP contribution in [-0.2, 0) is 11.2 Å². The van der Waals surface area contributed by atoms with Crippen molar-refractivity contribution in [3.05, 3.63) is 38.9 Å². The van der Waals surface area contributed by atoms with Crippen LogP contribution in [0, 0.1) is 26.9 Å². The molecule has 1 atom stereocenters. The number of nitro groups is 1. The summed E-state index contributed by atoms with van der Waals surface area (Å²) in [6, 6.07) is 6.27. The standard InChI is InChI=1S/C14H13ClN2O3/c15-12-7-11(17(19)20)5-4-10(12)8-14(9-16)6-2-1-3-13(14)18/h4-5,7H,1-3,6,8H2. The first-order chi connectivity index (χ1) is 9.48. The van der Waals surface area contributed by atoms with E-state index in [0.717, 1.165) is 12.8 Å². The lowest BCUT2D eigenvalue weighted by molar-refractivity contribution is -0.384. The van der Waals surface area contributed by atoms with E-state index >= 15 is 0 Å². The van der Waals surface area contributed by atoms with E-state index in [1.165, 1.54) is 18.2 Å². The Morgan fingerprint density at radius 1 is 1.45 bits per heavy atom. The average Bonchev–Trinajstić information content (AvgIpc) is 2.43. The van der Waals surface area contributed by atoms with Gasteiger partial charge in [0.1, 0.15) is 5.41 Å². The average molecular weight is 293 g/mol. The van der Waals surface area contributed by atoms with Crippen LogP contribution in [0.2, 0.25) is 5.02 Å². The van der Waals surface area contributed by atoms with Crippen LogP contribution in [-0.4, -0.2) is 10.7 Å². The number of hydrogen-bond donors (Lipinski definition) is 0. The van der Waals surface area contributed by atoms with Gasteiger partial charge in [0, 0.05) is 18.6 Å². The highest BCUT2D eigenvalue weighted by Crippen LogP contribution is 2.38. The zero-order valence-corrected chi connectivity index (χ0v) is 11.5. The molecule has 0 bridgehead atoms. The van der Waals surface area contributed by atoms with E-state index in [1.807, 2.05) is 0 Å². The van der Waals surface area contributed by atoms with Crippen LogP contribution < -0.4 is 0 Å². The van der Waals surface area contributed by atoms with Gasteiger partial charge in [-0.05, 0) is 24.8 Å². The number of nitriles is 1. The van der Waals surface area contributed by atoms with Crippen LogP contribution >= 0.6 is 11.6 Å². The molecule has 1 aromatic rings. The zero-order valence-electron chi connectivity index (χ0n) is 10.8. The summed E-state index contributed by atoms with van der Waals surface area (Å²) in [4.78, 5) is 22.2. The molecule has 1 aromatic carbocycles. The number of carbonyl (C=O) groups excluding carboxylic acids is 1. The number of non-ortho nitro benzene ring substituents is 1. The molecule has 1 unspecified atom stereocenters. The lowest BCUT2D eigenvalue weighted by atomic mass is 9.70. The fraction of sp³-hybridized carbons (Fsp3) is 0.429. The second kappa shape index (κ2) is 5.59. The predicted octanol–water partition coefficient (Wildman–Crippen LogP) is 3.44. The molecule has 0 spiro atoms. The van der Waals surface area contributed by atoms with Crippen LogP contribution in [0.3, 0.4) is 0 Å². The van der Waals surface area contributed by atoms with Crippen molar-refractivity contribution in [2.75, 3.05) is 0 Å². The molecule has 1 saturated carbocycles. The molecule has 6 heteroatoms. The molecule has 1 aliphatic rings. The highest BCUT2D eigenvalue weighted by atomic mass is 35.5. The first-order valence-corrected chi connectivity index (χ1v) is 6.74. The highest BCUT2D eigenvalue weighted by molar-refractivity contribution is 6.31. The molecule has 0 aliphatic heterocycles. The molecular formula is C14H13ClN2O3. The van der Waals surface area contributed by atoms with E-state index in [4.69, 9.17) is 11.6 Å². The van der Waals surface area contributed by atoms with Crippen molar-refractivity contribution in [3.8, 4) is 6.07 Å². The van der Waals surface area contributed by atoms with E-state index in [9.17, 15) is 20.2 Å². The number of Topliss-reactive ketones (excluding diaryl/α,β-unsaturated/α-hetero) is 1.